The maximum absolute atomic E-state index is 13.1. The number of carboxylic acids is 1. The molecule has 0 bridgehead atoms. The largest absolute Gasteiger partial charge is 0.479 e. The van der Waals surface area contributed by atoms with Crippen LogP contribution in [0.15, 0.2) is 30.3 Å². The molecule has 29 heavy (non-hydrogen) atoms. The monoisotopic (exact) mass is 412 g/mol. The minimum absolute atomic E-state index is 0.0300. The topological polar surface area (TPSA) is 69.6 Å². The fraction of sp³-hybridized carbons (Fsp3) is 0.619. The van der Waals surface area contributed by atoms with Crippen LogP contribution in [0, 0.1) is 11.8 Å². The van der Waals surface area contributed by atoms with Crippen molar-refractivity contribution < 1.29 is 27.9 Å². The maximum atomic E-state index is 13.1. The highest BCUT2D eigenvalue weighted by Gasteiger charge is 2.47. The molecule has 1 aliphatic heterocycles. The summed E-state index contributed by atoms with van der Waals surface area (Å²) in [6.45, 7) is 1.41. The number of carbonyl (C=O) groups is 2. The van der Waals surface area contributed by atoms with Crippen LogP contribution in [-0.2, 0) is 16.1 Å². The van der Waals surface area contributed by atoms with Gasteiger partial charge in [0.1, 0.15) is 0 Å². The van der Waals surface area contributed by atoms with Crippen molar-refractivity contribution in [1.82, 2.24) is 10.2 Å². The van der Waals surface area contributed by atoms with E-state index in [4.69, 9.17) is 0 Å². The van der Waals surface area contributed by atoms with E-state index in [1.807, 2.05) is 35.2 Å². The molecule has 1 aromatic rings. The first-order chi connectivity index (χ1) is 13.7. The van der Waals surface area contributed by atoms with Gasteiger partial charge in [-0.2, -0.15) is 13.2 Å². The third-order valence-corrected chi connectivity index (χ3v) is 6.10. The third-order valence-electron chi connectivity index (χ3n) is 6.10. The van der Waals surface area contributed by atoms with Gasteiger partial charge in [-0.1, -0.05) is 36.8 Å². The Hall–Kier alpha value is -2.09. The van der Waals surface area contributed by atoms with E-state index >= 15 is 0 Å². The maximum Gasteiger partial charge on any atom is 0.391 e. The fourth-order valence-electron chi connectivity index (χ4n) is 4.51. The van der Waals surface area contributed by atoms with Gasteiger partial charge in [0, 0.05) is 19.0 Å². The van der Waals surface area contributed by atoms with E-state index in [1.165, 1.54) is 0 Å². The molecular weight excluding hydrogens is 385 g/mol. The van der Waals surface area contributed by atoms with E-state index in [0.717, 1.165) is 5.56 Å². The standard InChI is InChI=1S/C21H27F3N2O3/c22-21(23,24)17-9-4-8-16(12-17)18(27)25-20(19(28)29)10-5-11-26(14-20)13-15-6-2-1-3-7-15/h1-3,6-7,16-17H,4-5,8-14H2,(H,25,27)(H,28,29)/t16-,17-,20-/m1/s1. The van der Waals surface area contributed by atoms with E-state index < -0.39 is 35.4 Å². The summed E-state index contributed by atoms with van der Waals surface area (Å²) in [7, 11) is 0. The molecule has 5 nitrogen and oxygen atoms in total. The fourth-order valence-corrected chi connectivity index (χ4v) is 4.51. The van der Waals surface area contributed by atoms with Crippen molar-refractivity contribution >= 4 is 11.9 Å². The Bertz CT molecular complexity index is 726. The molecule has 0 spiro atoms. The van der Waals surface area contributed by atoms with E-state index in [0.29, 0.717) is 32.4 Å². The molecule has 1 aliphatic carbocycles. The number of aliphatic carboxylic acids is 1. The first kappa shape index (κ1) is 21.6. The second kappa shape index (κ2) is 8.73. The van der Waals surface area contributed by atoms with Gasteiger partial charge in [0.05, 0.1) is 5.92 Å². The molecule has 1 aromatic carbocycles. The van der Waals surface area contributed by atoms with Crippen molar-refractivity contribution in [2.75, 3.05) is 13.1 Å². The highest BCUT2D eigenvalue weighted by Crippen LogP contribution is 2.40. The van der Waals surface area contributed by atoms with Gasteiger partial charge in [0.25, 0.3) is 0 Å². The Labute approximate surface area is 168 Å². The quantitative estimate of drug-likeness (QED) is 0.776. The number of nitrogens with one attached hydrogen (secondary N) is 1. The van der Waals surface area contributed by atoms with Crippen LogP contribution in [0.1, 0.15) is 44.1 Å². The minimum atomic E-state index is -4.32. The molecule has 1 saturated heterocycles. The van der Waals surface area contributed by atoms with E-state index in [2.05, 4.69) is 5.32 Å². The highest BCUT2D eigenvalue weighted by molar-refractivity contribution is 5.88. The molecule has 1 saturated carbocycles. The number of hydrogen-bond acceptors (Lipinski definition) is 3. The van der Waals surface area contributed by atoms with Gasteiger partial charge in [-0.3, -0.25) is 9.69 Å². The second-order valence-corrected chi connectivity index (χ2v) is 8.28. The normalized spacial score (nSPS) is 28.7. The summed E-state index contributed by atoms with van der Waals surface area (Å²) in [6, 6.07) is 9.63. The highest BCUT2D eigenvalue weighted by atomic mass is 19.4. The lowest BCUT2D eigenvalue weighted by Crippen LogP contribution is -2.64. The van der Waals surface area contributed by atoms with Gasteiger partial charge in [0.15, 0.2) is 5.54 Å². The predicted octanol–water partition coefficient (Wildman–Crippen LogP) is 3.59. The lowest BCUT2D eigenvalue weighted by Gasteiger charge is -2.41. The van der Waals surface area contributed by atoms with Gasteiger partial charge >= 0.3 is 12.1 Å². The van der Waals surface area contributed by atoms with Gasteiger partial charge in [-0.05, 0) is 44.2 Å². The number of likely N-dealkylation sites (tertiary alicyclic amines) is 1. The Morgan fingerprint density at radius 3 is 2.55 bits per heavy atom. The number of rotatable bonds is 5. The molecule has 0 unspecified atom stereocenters. The number of carboxylic acid groups (broad SMARTS) is 1. The number of nitrogens with zero attached hydrogens (tertiary/aromatic N) is 1. The van der Waals surface area contributed by atoms with Gasteiger partial charge in [-0.25, -0.2) is 4.79 Å². The minimum Gasteiger partial charge on any atom is -0.479 e. The van der Waals surface area contributed by atoms with Crippen molar-refractivity contribution in [3.8, 4) is 0 Å². The molecule has 8 heteroatoms. The van der Waals surface area contributed by atoms with Crippen LogP contribution < -0.4 is 5.32 Å². The third kappa shape index (κ3) is 5.29. The van der Waals surface area contributed by atoms with Crippen molar-refractivity contribution in [1.29, 1.82) is 0 Å². The molecule has 3 rings (SSSR count). The summed E-state index contributed by atoms with van der Waals surface area (Å²) >= 11 is 0. The lowest BCUT2D eigenvalue weighted by molar-refractivity contribution is -0.186. The summed E-state index contributed by atoms with van der Waals surface area (Å²) < 4.78 is 39.2. The zero-order valence-electron chi connectivity index (χ0n) is 16.3. The molecule has 1 amide bonds. The van der Waals surface area contributed by atoms with Crippen LogP contribution in [0.3, 0.4) is 0 Å². The van der Waals surface area contributed by atoms with Crippen molar-refractivity contribution in [3.05, 3.63) is 35.9 Å². The number of carbonyl (C=O) groups excluding carboxylic acids is 1. The summed E-state index contributed by atoms with van der Waals surface area (Å²) in [6.07, 6.45) is -3.00. The number of halogens is 3. The first-order valence-corrected chi connectivity index (χ1v) is 10.1. The first-order valence-electron chi connectivity index (χ1n) is 10.1. The van der Waals surface area contributed by atoms with Crippen LogP contribution >= 0.6 is 0 Å². The lowest BCUT2D eigenvalue weighted by atomic mass is 9.79. The van der Waals surface area contributed by atoms with Crippen molar-refractivity contribution in [2.24, 2.45) is 11.8 Å². The SMILES string of the molecule is O=C(N[C@]1(C(=O)O)CCCN(Cc2ccccc2)C1)[C@@H]1CCC[C@@H](C(F)(F)F)C1. The Balaban J connectivity index is 1.68. The van der Waals surface area contributed by atoms with Crippen molar-refractivity contribution in [3.63, 3.8) is 0 Å². The van der Waals surface area contributed by atoms with Crippen LogP contribution in [0.5, 0.6) is 0 Å². The van der Waals surface area contributed by atoms with Crippen LogP contribution in [0.2, 0.25) is 0 Å². The molecular formula is C21H27F3N2O3. The molecule has 1 heterocycles. The average Bonchev–Trinajstić information content (AvgIpc) is 2.68. The molecule has 160 valence electrons. The number of benzene rings is 1. The molecule has 3 atom stereocenters. The number of piperidine rings is 1. The zero-order chi connectivity index (χ0) is 21.1. The van der Waals surface area contributed by atoms with E-state index in [1.54, 1.807) is 0 Å². The zero-order valence-corrected chi connectivity index (χ0v) is 16.3. The van der Waals surface area contributed by atoms with Gasteiger partial charge in [0.2, 0.25) is 5.91 Å². The van der Waals surface area contributed by atoms with Crippen LogP contribution in [0.25, 0.3) is 0 Å². The predicted molar refractivity (Wildman–Crippen MR) is 101 cm³/mol. The number of alkyl halides is 3. The summed E-state index contributed by atoms with van der Waals surface area (Å²) in [5, 5.41) is 12.5. The van der Waals surface area contributed by atoms with Crippen molar-refractivity contribution in [2.45, 2.75) is 56.8 Å². The van der Waals surface area contributed by atoms with Crippen LogP contribution in [-0.4, -0.2) is 46.7 Å². The van der Waals surface area contributed by atoms with Gasteiger partial charge in [-0.15, -0.1) is 0 Å². The molecule has 0 aromatic heterocycles. The smallest absolute Gasteiger partial charge is 0.391 e. The number of amides is 1. The summed E-state index contributed by atoms with van der Waals surface area (Å²) in [5.74, 6) is -3.99. The Morgan fingerprint density at radius 2 is 1.90 bits per heavy atom. The Morgan fingerprint density at radius 1 is 1.17 bits per heavy atom. The molecule has 0 radical (unpaired) electrons. The molecule has 2 N–H and O–H groups in total. The van der Waals surface area contributed by atoms with E-state index in [9.17, 15) is 27.9 Å². The number of hydrogen-bond donors (Lipinski definition) is 2. The Kier molecular flexibility index (Phi) is 6.51. The second-order valence-electron chi connectivity index (χ2n) is 8.28. The van der Waals surface area contributed by atoms with E-state index in [-0.39, 0.29) is 25.8 Å². The summed E-state index contributed by atoms with van der Waals surface area (Å²) in [5.41, 5.74) is -0.421. The van der Waals surface area contributed by atoms with Gasteiger partial charge < -0.3 is 10.4 Å². The van der Waals surface area contributed by atoms with Crippen LogP contribution in [0.4, 0.5) is 13.2 Å². The average molecular weight is 412 g/mol. The summed E-state index contributed by atoms with van der Waals surface area (Å²) in [4.78, 5) is 26.8. The molecule has 2 aliphatic rings. The molecule has 2 fully saturated rings.